The number of halogens is 2. The number of allylic oxidation sites excluding steroid dienone is 4. The largest absolute Gasteiger partial charge is 0.507 e. The van der Waals surface area contributed by atoms with Gasteiger partial charge in [0.25, 0.3) is 0 Å². The summed E-state index contributed by atoms with van der Waals surface area (Å²) in [4.78, 5) is 15.6. The Kier molecular flexibility index (Phi) is 4.33. The number of aromatic hydroxyl groups is 1. The number of nitrogens with zero attached hydrogens (tertiary/aromatic N) is 1. The summed E-state index contributed by atoms with van der Waals surface area (Å²) < 4.78 is 0. The number of phenolic OH excluding ortho intramolecular Hbond substituents is 1. The monoisotopic (exact) mass is 343 g/mol. The van der Waals surface area contributed by atoms with Gasteiger partial charge in [0.15, 0.2) is 5.78 Å². The van der Waals surface area contributed by atoms with Crippen molar-refractivity contribution in [2.75, 3.05) is 0 Å². The Morgan fingerprint density at radius 2 is 1.61 bits per heavy atom. The lowest BCUT2D eigenvalue weighted by molar-refractivity contribution is -0.110. The molecule has 0 atom stereocenters. The molecule has 1 aliphatic rings. The van der Waals surface area contributed by atoms with Crippen LogP contribution in [0.2, 0.25) is 10.0 Å². The number of aliphatic imine (C=N–C) groups is 1. The average Bonchev–Trinajstić information content (AvgIpc) is 2.52. The van der Waals surface area contributed by atoms with Crippen molar-refractivity contribution in [1.29, 1.82) is 0 Å². The molecule has 0 bridgehead atoms. The van der Waals surface area contributed by atoms with Crippen LogP contribution in [0, 0.1) is 0 Å². The van der Waals surface area contributed by atoms with E-state index in [0.717, 1.165) is 0 Å². The first-order valence-electron chi connectivity index (χ1n) is 6.80. The molecule has 1 N–H and O–H groups in total. The summed E-state index contributed by atoms with van der Waals surface area (Å²) in [6.45, 7) is 0. The zero-order chi connectivity index (χ0) is 16.4. The first-order valence-corrected chi connectivity index (χ1v) is 7.56. The number of carbonyl (C=O) groups excluding carboxylic acids is 1. The van der Waals surface area contributed by atoms with E-state index in [1.165, 1.54) is 12.2 Å². The summed E-state index contributed by atoms with van der Waals surface area (Å²) in [5.41, 5.74) is 2.53. The van der Waals surface area contributed by atoms with Crippen LogP contribution in [0.5, 0.6) is 5.75 Å². The average molecular weight is 344 g/mol. The van der Waals surface area contributed by atoms with Crippen molar-refractivity contribution in [2.24, 2.45) is 4.99 Å². The van der Waals surface area contributed by atoms with E-state index in [9.17, 15) is 9.90 Å². The molecule has 0 spiro atoms. The molecule has 1 aliphatic carbocycles. The molecule has 0 unspecified atom stereocenters. The van der Waals surface area contributed by atoms with Crippen LogP contribution in [-0.2, 0) is 4.79 Å². The summed E-state index contributed by atoms with van der Waals surface area (Å²) in [6, 6.07) is 10.0. The maximum atomic E-state index is 11.1. The predicted octanol–water partition coefficient (Wildman–Crippen LogP) is 5.13. The molecule has 0 heterocycles. The minimum absolute atomic E-state index is 0.0664. The zero-order valence-electron chi connectivity index (χ0n) is 11.8. The zero-order valence-corrected chi connectivity index (χ0v) is 13.3. The van der Waals surface area contributed by atoms with Crippen LogP contribution in [0.3, 0.4) is 0 Å². The number of hydrogen-bond acceptors (Lipinski definition) is 3. The highest BCUT2D eigenvalue weighted by molar-refractivity contribution is 6.36. The van der Waals surface area contributed by atoms with Crippen LogP contribution >= 0.6 is 23.2 Å². The van der Waals surface area contributed by atoms with Gasteiger partial charge in [0.05, 0.1) is 16.4 Å². The molecule has 3 rings (SSSR count). The van der Waals surface area contributed by atoms with E-state index in [2.05, 4.69) is 4.99 Å². The Hall–Kier alpha value is -2.36. The van der Waals surface area contributed by atoms with Crippen molar-refractivity contribution in [2.45, 2.75) is 0 Å². The molecule has 0 saturated carbocycles. The minimum Gasteiger partial charge on any atom is -0.507 e. The first-order chi connectivity index (χ1) is 11.0. The second-order valence-corrected chi connectivity index (χ2v) is 5.77. The van der Waals surface area contributed by atoms with E-state index in [4.69, 9.17) is 23.2 Å². The number of carbonyl (C=O) groups is 1. The van der Waals surface area contributed by atoms with Crippen molar-refractivity contribution in [3.8, 4) is 16.9 Å². The Balaban J connectivity index is 2.03. The summed E-state index contributed by atoms with van der Waals surface area (Å²) in [7, 11) is 0. The van der Waals surface area contributed by atoms with Gasteiger partial charge < -0.3 is 5.11 Å². The molecule has 5 heteroatoms. The smallest absolute Gasteiger partial charge is 0.178 e. The van der Waals surface area contributed by atoms with Gasteiger partial charge in [-0.1, -0.05) is 29.3 Å². The Morgan fingerprint density at radius 3 is 2.30 bits per heavy atom. The highest BCUT2D eigenvalue weighted by Gasteiger charge is 2.10. The first kappa shape index (κ1) is 15.5. The van der Waals surface area contributed by atoms with Crippen LogP contribution in [0.1, 0.15) is 0 Å². The van der Waals surface area contributed by atoms with Gasteiger partial charge in [-0.05, 0) is 54.6 Å². The lowest BCUT2D eigenvalue weighted by Gasteiger charge is -2.09. The van der Waals surface area contributed by atoms with Crippen molar-refractivity contribution in [3.05, 3.63) is 70.7 Å². The summed E-state index contributed by atoms with van der Waals surface area (Å²) in [5, 5.41) is 11.1. The van der Waals surface area contributed by atoms with E-state index in [-0.39, 0.29) is 11.5 Å². The molecule has 23 heavy (non-hydrogen) atoms. The van der Waals surface area contributed by atoms with Gasteiger partial charge in [-0.25, -0.2) is 4.99 Å². The van der Waals surface area contributed by atoms with Gasteiger partial charge >= 0.3 is 0 Å². The van der Waals surface area contributed by atoms with Gasteiger partial charge in [0, 0.05) is 16.1 Å². The van der Waals surface area contributed by atoms with Crippen LogP contribution in [0.4, 0.5) is 5.69 Å². The quantitative estimate of drug-likeness (QED) is 0.768. The van der Waals surface area contributed by atoms with Crippen LogP contribution in [0.25, 0.3) is 11.1 Å². The molecule has 0 aromatic heterocycles. The predicted molar refractivity (Wildman–Crippen MR) is 93.9 cm³/mol. The molecule has 3 nitrogen and oxygen atoms in total. The molecule has 0 fully saturated rings. The normalized spacial score (nSPS) is 13.5. The standard InChI is InChI=1S/C18H11Cl2NO2/c19-11-1-7-15(17(20)9-11)16-10-13(4-8-18(16)23)21-12-2-5-14(22)6-3-12/h1-10,23H. The van der Waals surface area contributed by atoms with Gasteiger partial charge in [-0.3, -0.25) is 4.79 Å². The number of benzene rings is 2. The molecule has 2 aromatic carbocycles. The Bertz CT molecular complexity index is 865. The topological polar surface area (TPSA) is 49.7 Å². The number of phenols is 1. The molecule has 0 saturated heterocycles. The molecular weight excluding hydrogens is 333 g/mol. The third-order valence-electron chi connectivity index (χ3n) is 3.30. The van der Waals surface area contributed by atoms with Crippen LogP contribution in [0.15, 0.2) is 65.7 Å². The van der Waals surface area contributed by atoms with Crippen LogP contribution < -0.4 is 0 Å². The fourth-order valence-electron chi connectivity index (χ4n) is 2.19. The SMILES string of the molecule is O=C1C=CC(=Nc2ccc(O)c(-c3ccc(Cl)cc3Cl)c2)C=C1. The number of ketones is 1. The van der Waals surface area contributed by atoms with Gasteiger partial charge in [0.1, 0.15) is 5.75 Å². The van der Waals surface area contributed by atoms with Gasteiger partial charge in [-0.2, -0.15) is 0 Å². The van der Waals surface area contributed by atoms with Crippen molar-refractivity contribution >= 4 is 40.4 Å². The minimum atomic E-state index is -0.0664. The molecule has 114 valence electrons. The maximum Gasteiger partial charge on any atom is 0.178 e. The molecule has 0 aliphatic heterocycles. The fraction of sp³-hybridized carbons (Fsp3) is 0. The lowest BCUT2D eigenvalue weighted by Crippen LogP contribution is -1.98. The van der Waals surface area contributed by atoms with E-state index >= 15 is 0 Å². The van der Waals surface area contributed by atoms with Crippen LogP contribution in [-0.4, -0.2) is 16.6 Å². The summed E-state index contributed by atoms with van der Waals surface area (Å²) in [5.74, 6) is 0.0337. The van der Waals surface area contributed by atoms with Gasteiger partial charge in [-0.15, -0.1) is 0 Å². The second kappa shape index (κ2) is 6.41. The molecular formula is C18H11Cl2NO2. The van der Waals surface area contributed by atoms with E-state index in [0.29, 0.717) is 32.6 Å². The molecule has 0 radical (unpaired) electrons. The molecule has 0 amide bonds. The van der Waals surface area contributed by atoms with Crippen molar-refractivity contribution in [1.82, 2.24) is 0 Å². The Labute approximate surface area is 143 Å². The summed E-state index contributed by atoms with van der Waals surface area (Å²) >= 11 is 12.1. The van der Waals surface area contributed by atoms with E-state index in [1.807, 2.05) is 0 Å². The van der Waals surface area contributed by atoms with Crippen molar-refractivity contribution in [3.63, 3.8) is 0 Å². The summed E-state index contributed by atoms with van der Waals surface area (Å²) in [6.07, 6.45) is 6.20. The third-order valence-corrected chi connectivity index (χ3v) is 3.84. The lowest BCUT2D eigenvalue weighted by atomic mass is 10.0. The fourth-order valence-corrected chi connectivity index (χ4v) is 2.70. The highest BCUT2D eigenvalue weighted by atomic mass is 35.5. The Morgan fingerprint density at radius 1 is 0.870 bits per heavy atom. The second-order valence-electron chi connectivity index (χ2n) is 4.93. The number of hydrogen-bond donors (Lipinski definition) is 1. The highest BCUT2D eigenvalue weighted by Crippen LogP contribution is 2.37. The third kappa shape index (κ3) is 3.52. The van der Waals surface area contributed by atoms with E-state index in [1.54, 1.807) is 48.6 Å². The van der Waals surface area contributed by atoms with Gasteiger partial charge in [0.2, 0.25) is 0 Å². The molecule has 2 aromatic rings. The number of rotatable bonds is 2. The van der Waals surface area contributed by atoms with Crippen molar-refractivity contribution < 1.29 is 9.90 Å². The van der Waals surface area contributed by atoms with E-state index < -0.39 is 0 Å². The maximum absolute atomic E-state index is 11.1.